The number of aliphatic carboxylic acids is 1. The van der Waals surface area contributed by atoms with E-state index < -0.39 is 89.2 Å². The van der Waals surface area contributed by atoms with E-state index in [0.29, 0.717) is 19.3 Å². The number of carboxylic acids is 1. The van der Waals surface area contributed by atoms with Crippen LogP contribution in [0.2, 0.25) is 0 Å². The molecule has 0 aromatic heterocycles. The summed E-state index contributed by atoms with van der Waals surface area (Å²) in [5, 5.41) is 72.9. The molecule has 3 saturated carbocycles. The topological polar surface area (TPSA) is 203 Å². The van der Waals surface area contributed by atoms with Gasteiger partial charge in [-0.3, -0.25) is 9.59 Å². The van der Waals surface area contributed by atoms with Crippen LogP contribution in [0.4, 0.5) is 0 Å². The SMILES string of the molecule is CC12C(=O)OC3(C=CC1O)C1CCC4CC1(CC4(O)COC1OC(CO)C(O)C(O)C1O)C(C(=O)O)C32. The van der Waals surface area contributed by atoms with Crippen LogP contribution < -0.4 is 0 Å². The average Bonchev–Trinajstić information content (AvgIpc) is 3.30. The lowest BCUT2D eigenvalue weighted by Crippen LogP contribution is -2.59. The standard InChI is InChI=1S/C25H34O12/c1-22-13(27)4-5-25(37-21(22)33)12-3-2-10-6-23(12,14(18(22)25)19(31)32)8-24(10,34)9-35-20-17(30)16(29)15(28)11(7-26)36-20/h4-5,10-18,20,26-30,34H,2-3,6-9H2,1H3,(H,31,32). The lowest BCUT2D eigenvalue weighted by Gasteiger charge is -2.42. The summed E-state index contributed by atoms with van der Waals surface area (Å²) >= 11 is 0. The van der Waals surface area contributed by atoms with Gasteiger partial charge in [0.15, 0.2) is 6.29 Å². The molecule has 6 rings (SSSR count). The van der Waals surface area contributed by atoms with Crippen LogP contribution in [0.5, 0.6) is 0 Å². The summed E-state index contributed by atoms with van der Waals surface area (Å²) in [7, 11) is 0. The average molecular weight is 527 g/mol. The van der Waals surface area contributed by atoms with Gasteiger partial charge in [0.2, 0.25) is 0 Å². The minimum absolute atomic E-state index is 0.0412. The molecule has 1 spiro atoms. The van der Waals surface area contributed by atoms with Gasteiger partial charge in [0.1, 0.15) is 35.4 Å². The molecular formula is C25H34O12. The summed E-state index contributed by atoms with van der Waals surface area (Å²) in [6, 6.07) is 0. The Hall–Kier alpha value is -1.64. The minimum atomic E-state index is -1.63. The van der Waals surface area contributed by atoms with Crippen molar-refractivity contribution in [3.8, 4) is 0 Å². The second kappa shape index (κ2) is 7.95. The quantitative estimate of drug-likeness (QED) is 0.152. The molecule has 12 heteroatoms. The normalized spacial score (nSPS) is 57.6. The predicted molar refractivity (Wildman–Crippen MR) is 119 cm³/mol. The van der Waals surface area contributed by atoms with E-state index in [-0.39, 0.29) is 24.9 Å². The molecule has 37 heavy (non-hydrogen) atoms. The van der Waals surface area contributed by atoms with Crippen LogP contribution in [0.15, 0.2) is 12.2 Å². The van der Waals surface area contributed by atoms with Crippen molar-refractivity contribution < 1.29 is 59.5 Å². The summed E-state index contributed by atoms with van der Waals surface area (Å²) < 4.78 is 17.1. The van der Waals surface area contributed by atoms with Crippen molar-refractivity contribution in [2.24, 2.45) is 34.5 Å². The number of hydrogen-bond donors (Lipinski definition) is 7. The van der Waals surface area contributed by atoms with Crippen LogP contribution in [0.25, 0.3) is 0 Å². The van der Waals surface area contributed by atoms with Crippen LogP contribution in [-0.2, 0) is 23.8 Å². The van der Waals surface area contributed by atoms with Gasteiger partial charge >= 0.3 is 11.9 Å². The van der Waals surface area contributed by atoms with E-state index >= 15 is 0 Å². The van der Waals surface area contributed by atoms with Crippen molar-refractivity contribution in [3.63, 3.8) is 0 Å². The Morgan fingerprint density at radius 1 is 1.16 bits per heavy atom. The van der Waals surface area contributed by atoms with E-state index in [4.69, 9.17) is 14.2 Å². The highest BCUT2D eigenvalue weighted by Gasteiger charge is 2.83. The highest BCUT2D eigenvalue weighted by molar-refractivity contribution is 5.86. The van der Waals surface area contributed by atoms with Crippen LogP contribution in [0, 0.1) is 34.5 Å². The van der Waals surface area contributed by atoms with Gasteiger partial charge in [0, 0.05) is 11.8 Å². The lowest BCUT2D eigenvalue weighted by molar-refractivity contribution is -0.310. The summed E-state index contributed by atoms with van der Waals surface area (Å²) in [4.78, 5) is 25.8. The maximum Gasteiger partial charge on any atom is 0.316 e. The number of carbonyl (C=O) groups is 2. The number of hydrogen-bond acceptors (Lipinski definition) is 11. The zero-order valence-corrected chi connectivity index (χ0v) is 20.3. The summed E-state index contributed by atoms with van der Waals surface area (Å²) in [6.45, 7) is 0.595. The monoisotopic (exact) mass is 526 g/mol. The number of ether oxygens (including phenoxy) is 3. The van der Waals surface area contributed by atoms with Gasteiger partial charge in [0.05, 0.1) is 30.8 Å². The molecule has 0 aromatic carbocycles. The molecule has 5 fully saturated rings. The second-order valence-corrected chi connectivity index (χ2v) is 12.2. The molecule has 14 unspecified atom stereocenters. The molecule has 4 bridgehead atoms. The van der Waals surface area contributed by atoms with Crippen LogP contribution in [0.3, 0.4) is 0 Å². The first kappa shape index (κ1) is 25.6. The van der Waals surface area contributed by atoms with Crippen LogP contribution in [0.1, 0.15) is 32.6 Å². The van der Waals surface area contributed by atoms with E-state index in [0.717, 1.165) is 0 Å². The van der Waals surface area contributed by atoms with Gasteiger partial charge in [0.25, 0.3) is 0 Å². The molecule has 2 aliphatic heterocycles. The molecule has 0 radical (unpaired) electrons. The molecule has 2 heterocycles. The van der Waals surface area contributed by atoms with Gasteiger partial charge in [-0.1, -0.05) is 6.08 Å². The number of carbonyl (C=O) groups excluding carboxylic acids is 1. The van der Waals surface area contributed by atoms with Gasteiger partial charge in [-0.2, -0.15) is 0 Å². The number of esters is 1. The minimum Gasteiger partial charge on any atom is -0.481 e. The van der Waals surface area contributed by atoms with Crippen LogP contribution >= 0.6 is 0 Å². The molecule has 206 valence electrons. The summed E-state index contributed by atoms with van der Waals surface area (Å²) in [5.74, 6) is -4.30. The Kier molecular flexibility index (Phi) is 5.51. The summed E-state index contributed by atoms with van der Waals surface area (Å²) in [5.41, 5.74) is -5.03. The maximum atomic E-state index is 13.0. The molecule has 6 aliphatic rings. The van der Waals surface area contributed by atoms with Crippen molar-refractivity contribution in [1.82, 2.24) is 0 Å². The summed E-state index contributed by atoms with van der Waals surface area (Å²) in [6.07, 6.45) is -3.98. The van der Waals surface area contributed by atoms with E-state index in [1.54, 1.807) is 13.0 Å². The van der Waals surface area contributed by atoms with Crippen LogP contribution in [-0.4, -0.2) is 109 Å². The predicted octanol–water partition coefficient (Wildman–Crippen LogP) is -2.10. The van der Waals surface area contributed by atoms with Crippen molar-refractivity contribution >= 4 is 11.9 Å². The zero-order valence-electron chi connectivity index (χ0n) is 20.3. The Morgan fingerprint density at radius 2 is 1.89 bits per heavy atom. The molecule has 0 aromatic rings. The first-order valence-corrected chi connectivity index (χ1v) is 12.8. The van der Waals surface area contributed by atoms with E-state index in [2.05, 4.69) is 0 Å². The first-order valence-electron chi connectivity index (χ1n) is 12.8. The number of aliphatic hydroxyl groups excluding tert-OH is 5. The first-order chi connectivity index (χ1) is 17.4. The zero-order chi connectivity index (χ0) is 26.7. The Morgan fingerprint density at radius 3 is 2.57 bits per heavy atom. The van der Waals surface area contributed by atoms with Crippen molar-refractivity contribution in [2.75, 3.05) is 13.2 Å². The third-order valence-electron chi connectivity index (χ3n) is 10.6. The largest absolute Gasteiger partial charge is 0.481 e. The Bertz CT molecular complexity index is 1030. The second-order valence-electron chi connectivity index (χ2n) is 12.2. The smallest absolute Gasteiger partial charge is 0.316 e. The van der Waals surface area contributed by atoms with Crippen molar-refractivity contribution in [3.05, 3.63) is 12.2 Å². The highest BCUT2D eigenvalue weighted by atomic mass is 16.7. The fourth-order valence-electron chi connectivity index (χ4n) is 9.00. The third-order valence-corrected chi connectivity index (χ3v) is 10.6. The molecular weight excluding hydrogens is 492 g/mol. The molecule has 12 nitrogen and oxygen atoms in total. The fourth-order valence-corrected chi connectivity index (χ4v) is 9.00. The number of carboxylic acid groups (broad SMARTS) is 1. The van der Waals surface area contributed by atoms with Gasteiger partial charge in [-0.05, 0) is 50.0 Å². The highest BCUT2D eigenvalue weighted by Crippen LogP contribution is 2.77. The van der Waals surface area contributed by atoms with Crippen molar-refractivity contribution in [2.45, 2.75) is 80.6 Å². The van der Waals surface area contributed by atoms with Gasteiger partial charge < -0.3 is 50.0 Å². The Balaban J connectivity index is 1.31. The van der Waals surface area contributed by atoms with E-state index in [1.807, 2.05) is 0 Å². The third kappa shape index (κ3) is 3.01. The number of aliphatic hydroxyl groups is 6. The fraction of sp³-hybridized carbons (Fsp3) is 0.840. The number of rotatable bonds is 5. The van der Waals surface area contributed by atoms with E-state index in [1.165, 1.54) is 6.08 Å². The van der Waals surface area contributed by atoms with Crippen molar-refractivity contribution in [1.29, 1.82) is 0 Å². The molecule has 2 saturated heterocycles. The maximum absolute atomic E-state index is 13.0. The molecule has 4 aliphatic carbocycles. The molecule has 0 amide bonds. The number of fused-ring (bicyclic) bond motifs is 1. The Labute approximate surface area is 212 Å². The molecule has 7 N–H and O–H groups in total. The van der Waals surface area contributed by atoms with E-state index in [9.17, 15) is 45.3 Å². The van der Waals surface area contributed by atoms with Gasteiger partial charge in [-0.25, -0.2) is 0 Å². The lowest BCUT2D eigenvalue weighted by atomic mass is 9.61. The van der Waals surface area contributed by atoms with Gasteiger partial charge in [-0.15, -0.1) is 0 Å². The molecule has 14 atom stereocenters.